The maximum absolute atomic E-state index is 12.6. The van der Waals surface area contributed by atoms with Crippen molar-refractivity contribution in [3.63, 3.8) is 0 Å². The zero-order chi connectivity index (χ0) is 18.6. The molecule has 0 aromatic heterocycles. The maximum Gasteiger partial charge on any atom is 0.261 e. The summed E-state index contributed by atoms with van der Waals surface area (Å²) in [6.45, 7) is 5.55. The Labute approximate surface area is 153 Å². The molecule has 0 spiro atoms. The molecular weight excluding hydrogens is 356 g/mol. The number of rotatable bonds is 6. The van der Waals surface area contributed by atoms with Gasteiger partial charge in [0.2, 0.25) is 5.91 Å². The lowest BCUT2D eigenvalue weighted by atomic mass is 10.0. The topological polar surface area (TPSA) is 75.3 Å². The van der Waals surface area contributed by atoms with E-state index in [1.165, 1.54) is 30.8 Å². The molecule has 0 aliphatic carbocycles. The summed E-state index contributed by atoms with van der Waals surface area (Å²) in [5.74, 6) is 0.132. The predicted octanol–water partition coefficient (Wildman–Crippen LogP) is 4.29. The third-order valence-corrected chi connectivity index (χ3v) is 5.80. The lowest BCUT2D eigenvalue weighted by molar-refractivity contribution is -0.114. The summed E-state index contributed by atoms with van der Waals surface area (Å²) in [5.41, 5.74) is 2.12. The first-order valence-electron chi connectivity index (χ1n) is 7.81. The van der Waals surface area contributed by atoms with Gasteiger partial charge in [-0.05, 0) is 48.1 Å². The minimum atomic E-state index is -3.74. The highest BCUT2D eigenvalue weighted by molar-refractivity contribution is 7.98. The molecule has 0 aliphatic rings. The highest BCUT2D eigenvalue weighted by Crippen LogP contribution is 2.29. The van der Waals surface area contributed by atoms with Gasteiger partial charge in [0, 0.05) is 17.5 Å². The van der Waals surface area contributed by atoms with Gasteiger partial charge in [-0.3, -0.25) is 9.52 Å². The van der Waals surface area contributed by atoms with E-state index < -0.39 is 10.0 Å². The number of thioether (sulfide) groups is 1. The van der Waals surface area contributed by atoms with Crippen LogP contribution < -0.4 is 10.0 Å². The molecule has 2 rings (SSSR count). The molecule has 2 N–H and O–H groups in total. The van der Waals surface area contributed by atoms with E-state index in [9.17, 15) is 13.2 Å². The average Bonchev–Trinajstić information content (AvgIpc) is 2.54. The number of sulfonamides is 1. The van der Waals surface area contributed by atoms with E-state index in [2.05, 4.69) is 23.9 Å². The highest BCUT2D eigenvalue weighted by atomic mass is 32.2. The maximum atomic E-state index is 12.6. The highest BCUT2D eigenvalue weighted by Gasteiger charge is 2.17. The molecule has 25 heavy (non-hydrogen) atoms. The summed E-state index contributed by atoms with van der Waals surface area (Å²) in [6.07, 6.45) is 1.86. The van der Waals surface area contributed by atoms with Gasteiger partial charge >= 0.3 is 0 Å². The summed E-state index contributed by atoms with van der Waals surface area (Å²) in [7, 11) is -3.74. The van der Waals surface area contributed by atoms with Crippen molar-refractivity contribution in [2.24, 2.45) is 0 Å². The fourth-order valence-electron chi connectivity index (χ4n) is 2.29. The van der Waals surface area contributed by atoms with Gasteiger partial charge < -0.3 is 5.32 Å². The molecule has 0 unspecified atom stereocenters. The fourth-order valence-corrected chi connectivity index (χ4v) is 3.91. The average molecular weight is 379 g/mol. The first-order chi connectivity index (χ1) is 11.7. The Bertz CT molecular complexity index is 860. The van der Waals surface area contributed by atoms with Crippen LogP contribution in [0.25, 0.3) is 0 Å². The van der Waals surface area contributed by atoms with Crippen molar-refractivity contribution in [1.29, 1.82) is 0 Å². The van der Waals surface area contributed by atoms with Crippen molar-refractivity contribution in [3.8, 4) is 0 Å². The molecule has 0 radical (unpaired) electrons. The minimum Gasteiger partial charge on any atom is -0.325 e. The van der Waals surface area contributed by atoms with E-state index in [1.807, 2.05) is 18.4 Å². The second-order valence-corrected chi connectivity index (χ2v) is 8.46. The first-order valence-corrected chi connectivity index (χ1v) is 10.5. The van der Waals surface area contributed by atoms with Gasteiger partial charge in [-0.25, -0.2) is 8.42 Å². The zero-order valence-corrected chi connectivity index (χ0v) is 16.3. The summed E-state index contributed by atoms with van der Waals surface area (Å²) >= 11 is 1.44. The number of amides is 1. The van der Waals surface area contributed by atoms with Crippen LogP contribution in [0.3, 0.4) is 0 Å². The normalized spacial score (nSPS) is 11.4. The number of hydrogen-bond donors (Lipinski definition) is 2. The van der Waals surface area contributed by atoms with Crippen LogP contribution in [0.2, 0.25) is 0 Å². The molecule has 0 heterocycles. The van der Waals surface area contributed by atoms with Crippen LogP contribution in [0.15, 0.2) is 52.3 Å². The van der Waals surface area contributed by atoms with Crippen molar-refractivity contribution >= 4 is 39.1 Å². The third-order valence-electron chi connectivity index (χ3n) is 3.62. The molecule has 0 bridgehead atoms. The zero-order valence-electron chi connectivity index (χ0n) is 14.7. The number of benzene rings is 2. The van der Waals surface area contributed by atoms with Crippen LogP contribution in [-0.2, 0) is 14.8 Å². The van der Waals surface area contributed by atoms with Gasteiger partial charge in [0.15, 0.2) is 0 Å². The molecule has 0 atom stereocenters. The van der Waals surface area contributed by atoms with Crippen LogP contribution in [0, 0.1) is 0 Å². The molecule has 0 aliphatic heterocycles. The van der Waals surface area contributed by atoms with Gasteiger partial charge in [-0.1, -0.05) is 26.0 Å². The van der Waals surface area contributed by atoms with Crippen molar-refractivity contribution < 1.29 is 13.2 Å². The number of carbonyl (C=O) groups excluding carboxylic acids is 1. The molecule has 0 fully saturated rings. The van der Waals surface area contributed by atoms with E-state index in [0.29, 0.717) is 17.3 Å². The lowest BCUT2D eigenvalue weighted by Gasteiger charge is -2.13. The van der Waals surface area contributed by atoms with Crippen LogP contribution in [0.1, 0.15) is 32.3 Å². The SMILES string of the molecule is CSc1ccc(S(=O)(=O)Nc2ccc(C(C)C)cc2)cc1NC(C)=O. The fraction of sp³-hybridized carbons (Fsp3) is 0.278. The Morgan fingerprint density at radius 1 is 1.08 bits per heavy atom. The predicted molar refractivity (Wildman–Crippen MR) is 104 cm³/mol. The van der Waals surface area contributed by atoms with Gasteiger partial charge in [0.05, 0.1) is 10.6 Å². The molecule has 2 aromatic carbocycles. The number of nitrogens with one attached hydrogen (secondary N) is 2. The monoisotopic (exact) mass is 378 g/mol. The molecule has 134 valence electrons. The number of hydrogen-bond acceptors (Lipinski definition) is 4. The van der Waals surface area contributed by atoms with E-state index in [4.69, 9.17) is 0 Å². The Balaban J connectivity index is 2.30. The quantitative estimate of drug-likeness (QED) is 0.735. The minimum absolute atomic E-state index is 0.0991. The summed E-state index contributed by atoms with van der Waals surface area (Å²) in [6, 6.07) is 12.0. The smallest absolute Gasteiger partial charge is 0.261 e. The van der Waals surface area contributed by atoms with E-state index in [1.54, 1.807) is 18.2 Å². The Kier molecular flexibility index (Phi) is 6.13. The van der Waals surface area contributed by atoms with E-state index in [0.717, 1.165) is 10.5 Å². The van der Waals surface area contributed by atoms with Crippen LogP contribution >= 0.6 is 11.8 Å². The second kappa shape index (κ2) is 7.93. The molecule has 0 saturated heterocycles. The first kappa shape index (κ1) is 19.3. The summed E-state index contributed by atoms with van der Waals surface area (Å²) in [5, 5.41) is 2.67. The van der Waals surface area contributed by atoms with Crippen molar-refractivity contribution in [1.82, 2.24) is 0 Å². The molecule has 1 amide bonds. The van der Waals surface area contributed by atoms with Crippen LogP contribution in [0.4, 0.5) is 11.4 Å². The van der Waals surface area contributed by atoms with Crippen LogP contribution in [0.5, 0.6) is 0 Å². The Morgan fingerprint density at radius 3 is 2.24 bits per heavy atom. The third kappa shape index (κ3) is 4.99. The Morgan fingerprint density at radius 2 is 1.72 bits per heavy atom. The molecule has 2 aromatic rings. The molecular formula is C18H22N2O3S2. The number of anilines is 2. The molecule has 0 saturated carbocycles. The summed E-state index contributed by atoms with van der Waals surface area (Å²) < 4.78 is 27.8. The molecule has 5 nitrogen and oxygen atoms in total. The van der Waals surface area contributed by atoms with Gasteiger partial charge in [0.25, 0.3) is 10.0 Å². The largest absolute Gasteiger partial charge is 0.325 e. The van der Waals surface area contributed by atoms with E-state index in [-0.39, 0.29) is 10.8 Å². The van der Waals surface area contributed by atoms with Crippen molar-refractivity contribution in [3.05, 3.63) is 48.0 Å². The number of carbonyl (C=O) groups is 1. The van der Waals surface area contributed by atoms with Gasteiger partial charge in [-0.15, -0.1) is 11.8 Å². The second-order valence-electron chi connectivity index (χ2n) is 5.93. The standard InChI is InChI=1S/C18H22N2O3S2/c1-12(2)14-5-7-15(8-6-14)20-25(22,23)16-9-10-18(24-4)17(11-16)19-13(3)21/h5-12,20H,1-4H3,(H,19,21). The summed E-state index contributed by atoms with van der Waals surface area (Å²) in [4.78, 5) is 12.2. The lowest BCUT2D eigenvalue weighted by Crippen LogP contribution is -2.14. The molecule has 7 heteroatoms. The van der Waals surface area contributed by atoms with Gasteiger partial charge in [-0.2, -0.15) is 0 Å². The van der Waals surface area contributed by atoms with Crippen molar-refractivity contribution in [2.45, 2.75) is 36.5 Å². The van der Waals surface area contributed by atoms with Crippen molar-refractivity contribution in [2.75, 3.05) is 16.3 Å². The van der Waals surface area contributed by atoms with Crippen LogP contribution in [-0.4, -0.2) is 20.6 Å². The van der Waals surface area contributed by atoms with Gasteiger partial charge in [0.1, 0.15) is 0 Å². The van der Waals surface area contributed by atoms with E-state index >= 15 is 0 Å². The Hall–Kier alpha value is -1.99.